The third-order valence-corrected chi connectivity index (χ3v) is 5.85. The zero-order chi connectivity index (χ0) is 22.8. The Hall–Kier alpha value is -3.92. The molecule has 2 aromatic heterocycles. The average Bonchev–Trinajstić information content (AvgIpc) is 3.07. The first-order valence-electron chi connectivity index (χ1n) is 9.57. The van der Waals surface area contributed by atoms with E-state index in [0.29, 0.717) is 20.9 Å². The standard InChI is InChI=1S/C22H19FN6O2S/c1-11-15(14-8-12(23)6-7-16(14)28-11)9-27-22(31)19-20(24)26-10-18(29-19)32-17-5-3-2-4-13(17)21(25)30/h2-8,10,28H,9H2,1H3,(H2,24,26)(H2,25,30)(H,27,31). The lowest BCUT2D eigenvalue weighted by Crippen LogP contribution is -2.25. The van der Waals surface area contributed by atoms with E-state index in [4.69, 9.17) is 11.5 Å². The second kappa shape index (κ2) is 8.67. The number of aromatic amines is 1. The maximum Gasteiger partial charge on any atom is 0.274 e. The van der Waals surface area contributed by atoms with E-state index in [1.807, 2.05) is 6.92 Å². The summed E-state index contributed by atoms with van der Waals surface area (Å²) in [7, 11) is 0. The van der Waals surface area contributed by atoms with E-state index in [0.717, 1.165) is 28.5 Å². The number of primary amides is 1. The molecule has 0 saturated carbocycles. The van der Waals surface area contributed by atoms with Gasteiger partial charge in [-0.2, -0.15) is 0 Å². The number of carbonyl (C=O) groups excluding carboxylic acids is 2. The van der Waals surface area contributed by atoms with E-state index < -0.39 is 11.8 Å². The summed E-state index contributed by atoms with van der Waals surface area (Å²) in [5.74, 6) is -1.48. The molecule has 0 aliphatic heterocycles. The number of aromatic nitrogens is 3. The van der Waals surface area contributed by atoms with Gasteiger partial charge in [0.1, 0.15) is 10.8 Å². The Morgan fingerprint density at radius 3 is 2.78 bits per heavy atom. The molecule has 6 N–H and O–H groups in total. The number of fused-ring (bicyclic) bond motifs is 1. The van der Waals surface area contributed by atoms with Crippen LogP contribution in [0, 0.1) is 12.7 Å². The van der Waals surface area contributed by atoms with E-state index in [1.54, 1.807) is 30.3 Å². The van der Waals surface area contributed by atoms with Crippen LogP contribution in [0.1, 0.15) is 32.1 Å². The number of rotatable bonds is 6. The smallest absolute Gasteiger partial charge is 0.274 e. The summed E-state index contributed by atoms with van der Waals surface area (Å²) in [5.41, 5.74) is 13.9. The molecule has 10 heteroatoms. The number of nitrogens with two attached hydrogens (primary N) is 2. The molecule has 8 nitrogen and oxygen atoms in total. The number of halogens is 1. The normalized spacial score (nSPS) is 10.9. The predicted octanol–water partition coefficient (Wildman–Crippen LogP) is 3.17. The van der Waals surface area contributed by atoms with Gasteiger partial charge in [-0.05, 0) is 42.8 Å². The first-order chi connectivity index (χ1) is 15.3. The van der Waals surface area contributed by atoms with Crippen LogP contribution in [0.3, 0.4) is 0 Å². The summed E-state index contributed by atoms with van der Waals surface area (Å²) in [6.07, 6.45) is 1.42. The van der Waals surface area contributed by atoms with Crippen molar-refractivity contribution in [3.8, 4) is 0 Å². The van der Waals surface area contributed by atoms with Gasteiger partial charge in [-0.1, -0.05) is 23.9 Å². The second-order valence-corrected chi connectivity index (χ2v) is 8.07. The van der Waals surface area contributed by atoms with Crippen LogP contribution in [-0.2, 0) is 6.54 Å². The van der Waals surface area contributed by atoms with Crippen LogP contribution in [-0.4, -0.2) is 26.8 Å². The van der Waals surface area contributed by atoms with Gasteiger partial charge in [0, 0.05) is 28.0 Å². The number of amides is 2. The van der Waals surface area contributed by atoms with Gasteiger partial charge < -0.3 is 21.8 Å². The molecular formula is C22H19FN6O2S. The molecule has 0 unspecified atom stereocenters. The minimum absolute atomic E-state index is 0.0308. The Kier molecular flexibility index (Phi) is 5.78. The Morgan fingerprint density at radius 2 is 2.00 bits per heavy atom. The van der Waals surface area contributed by atoms with Crippen LogP contribution in [0.2, 0.25) is 0 Å². The van der Waals surface area contributed by atoms with Crippen molar-refractivity contribution in [1.29, 1.82) is 0 Å². The molecular weight excluding hydrogens is 431 g/mol. The number of aryl methyl sites for hydroxylation is 1. The highest BCUT2D eigenvalue weighted by Crippen LogP contribution is 2.29. The van der Waals surface area contributed by atoms with Gasteiger partial charge in [-0.15, -0.1) is 0 Å². The number of benzene rings is 2. The van der Waals surface area contributed by atoms with Gasteiger partial charge in [-0.3, -0.25) is 9.59 Å². The first-order valence-corrected chi connectivity index (χ1v) is 10.4. The fraction of sp³-hybridized carbons (Fsp3) is 0.0909. The number of hydrogen-bond acceptors (Lipinski definition) is 6. The van der Waals surface area contributed by atoms with Crippen molar-refractivity contribution >= 4 is 40.3 Å². The number of nitrogens with zero attached hydrogens (tertiary/aromatic N) is 2. The lowest BCUT2D eigenvalue weighted by Gasteiger charge is -2.09. The van der Waals surface area contributed by atoms with Crippen LogP contribution in [0.25, 0.3) is 10.9 Å². The third-order valence-electron chi connectivity index (χ3n) is 4.87. The van der Waals surface area contributed by atoms with E-state index in [9.17, 15) is 14.0 Å². The van der Waals surface area contributed by atoms with Crippen LogP contribution in [0.4, 0.5) is 10.2 Å². The molecule has 4 aromatic rings. The second-order valence-electron chi connectivity index (χ2n) is 7.01. The van der Waals surface area contributed by atoms with Crippen LogP contribution >= 0.6 is 11.8 Å². The van der Waals surface area contributed by atoms with Crippen LogP contribution in [0.15, 0.2) is 58.6 Å². The minimum atomic E-state index is -0.569. The molecule has 0 aliphatic carbocycles. The molecule has 0 atom stereocenters. The van der Waals surface area contributed by atoms with E-state index in [-0.39, 0.29) is 23.9 Å². The fourth-order valence-corrected chi connectivity index (χ4v) is 4.20. The topological polar surface area (TPSA) is 140 Å². The van der Waals surface area contributed by atoms with Crippen molar-refractivity contribution in [2.45, 2.75) is 23.4 Å². The maximum absolute atomic E-state index is 13.7. The zero-order valence-electron chi connectivity index (χ0n) is 17.0. The van der Waals surface area contributed by atoms with Crippen molar-refractivity contribution in [1.82, 2.24) is 20.3 Å². The van der Waals surface area contributed by atoms with E-state index >= 15 is 0 Å². The Morgan fingerprint density at radius 1 is 1.22 bits per heavy atom. The maximum atomic E-state index is 13.7. The Balaban J connectivity index is 1.56. The van der Waals surface area contributed by atoms with Gasteiger partial charge in [0.2, 0.25) is 5.91 Å². The Labute approximate surface area is 186 Å². The summed E-state index contributed by atoms with van der Waals surface area (Å²) in [4.78, 5) is 36.6. The van der Waals surface area contributed by atoms with Crippen LogP contribution < -0.4 is 16.8 Å². The number of hydrogen-bond donors (Lipinski definition) is 4. The number of anilines is 1. The van der Waals surface area contributed by atoms with Crippen molar-refractivity contribution < 1.29 is 14.0 Å². The average molecular weight is 450 g/mol. The van der Waals surface area contributed by atoms with Gasteiger partial charge >= 0.3 is 0 Å². The molecule has 0 fully saturated rings. The number of nitrogen functional groups attached to an aromatic ring is 1. The highest BCUT2D eigenvalue weighted by atomic mass is 32.2. The van der Waals surface area contributed by atoms with Crippen molar-refractivity contribution in [3.05, 3.63) is 77.0 Å². The Bertz CT molecular complexity index is 1350. The molecule has 2 amide bonds. The summed E-state index contributed by atoms with van der Waals surface area (Å²) in [6, 6.07) is 11.2. The van der Waals surface area contributed by atoms with Gasteiger partial charge in [0.25, 0.3) is 5.91 Å². The van der Waals surface area contributed by atoms with Crippen molar-refractivity contribution in [2.75, 3.05) is 5.73 Å². The lowest BCUT2D eigenvalue weighted by atomic mass is 10.1. The fourth-order valence-electron chi connectivity index (χ4n) is 3.31. The minimum Gasteiger partial charge on any atom is -0.382 e. The van der Waals surface area contributed by atoms with E-state index in [1.165, 1.54) is 18.3 Å². The summed E-state index contributed by atoms with van der Waals surface area (Å²) < 4.78 is 13.7. The van der Waals surface area contributed by atoms with Crippen molar-refractivity contribution in [3.63, 3.8) is 0 Å². The quantitative estimate of drug-likeness (QED) is 0.356. The highest BCUT2D eigenvalue weighted by Gasteiger charge is 2.17. The molecule has 2 heterocycles. The molecule has 32 heavy (non-hydrogen) atoms. The van der Waals surface area contributed by atoms with E-state index in [2.05, 4.69) is 20.3 Å². The molecule has 2 aromatic carbocycles. The largest absolute Gasteiger partial charge is 0.382 e. The molecule has 0 aliphatic rings. The first kappa shape index (κ1) is 21.3. The number of nitrogens with one attached hydrogen (secondary N) is 2. The zero-order valence-corrected chi connectivity index (χ0v) is 17.8. The molecule has 162 valence electrons. The molecule has 4 rings (SSSR count). The summed E-state index contributed by atoms with van der Waals surface area (Å²) in [6.45, 7) is 2.00. The van der Waals surface area contributed by atoms with Gasteiger partial charge in [-0.25, -0.2) is 14.4 Å². The van der Waals surface area contributed by atoms with Crippen LogP contribution in [0.5, 0.6) is 0 Å². The molecule has 0 bridgehead atoms. The van der Waals surface area contributed by atoms with Gasteiger partial charge in [0.15, 0.2) is 11.5 Å². The highest BCUT2D eigenvalue weighted by molar-refractivity contribution is 7.99. The monoisotopic (exact) mass is 450 g/mol. The number of H-pyrrole nitrogens is 1. The predicted molar refractivity (Wildman–Crippen MR) is 120 cm³/mol. The SMILES string of the molecule is Cc1[nH]c2ccc(F)cc2c1CNC(=O)c1nc(Sc2ccccc2C(N)=O)cnc1N. The number of carbonyl (C=O) groups is 2. The summed E-state index contributed by atoms with van der Waals surface area (Å²) in [5, 5.41) is 3.84. The molecule has 0 radical (unpaired) electrons. The third kappa shape index (κ3) is 4.26. The molecule has 0 saturated heterocycles. The van der Waals surface area contributed by atoms with Gasteiger partial charge in [0.05, 0.1) is 11.8 Å². The summed E-state index contributed by atoms with van der Waals surface area (Å²) >= 11 is 1.15. The van der Waals surface area contributed by atoms with Crippen molar-refractivity contribution in [2.24, 2.45) is 5.73 Å². The molecule has 0 spiro atoms. The lowest BCUT2D eigenvalue weighted by molar-refractivity contribution is 0.0944.